The van der Waals surface area contributed by atoms with Gasteiger partial charge in [0.15, 0.2) is 0 Å². The second-order valence-electron chi connectivity index (χ2n) is 2.48. The quantitative estimate of drug-likeness (QED) is 0.473. The maximum Gasteiger partial charge on any atom is 0.0153 e. The molecule has 0 aliphatic rings. The first kappa shape index (κ1) is 10.1. The van der Waals surface area contributed by atoms with E-state index in [1.54, 1.807) is 0 Å². The molecule has 1 aromatic rings. The zero-order valence-electron chi connectivity index (χ0n) is 7.12. The fourth-order valence-corrected chi connectivity index (χ4v) is 0.385. The van der Waals surface area contributed by atoms with E-state index >= 15 is 0 Å². The van der Waals surface area contributed by atoms with Crippen LogP contribution in [0.3, 0.4) is 0 Å². The second kappa shape index (κ2) is 7.25. The van der Waals surface area contributed by atoms with Crippen LogP contribution in [0.4, 0.5) is 0 Å². The highest BCUT2D eigenvalue weighted by atomic mass is 15.2. The zero-order chi connectivity index (χ0) is 8.53. The lowest BCUT2D eigenvalue weighted by Crippen LogP contribution is -2.29. The van der Waals surface area contributed by atoms with E-state index in [1.807, 2.05) is 50.2 Å². The van der Waals surface area contributed by atoms with Crippen molar-refractivity contribution < 1.29 is 0 Å². The number of hydrogen-bond acceptors (Lipinski definition) is 2. The van der Waals surface area contributed by atoms with Gasteiger partial charge in [-0.1, -0.05) is 36.4 Å². The molecule has 0 aromatic heterocycles. The summed E-state index contributed by atoms with van der Waals surface area (Å²) in [6, 6.07) is 12.4. The van der Waals surface area contributed by atoms with E-state index in [4.69, 9.17) is 5.84 Å². The minimum absolute atomic E-state index is 0.412. The van der Waals surface area contributed by atoms with Gasteiger partial charge in [0.1, 0.15) is 0 Å². The van der Waals surface area contributed by atoms with Gasteiger partial charge >= 0.3 is 0 Å². The van der Waals surface area contributed by atoms with Gasteiger partial charge in [0, 0.05) is 6.04 Å². The molecule has 0 heterocycles. The lowest BCUT2D eigenvalue weighted by atomic mass is 10.4. The van der Waals surface area contributed by atoms with Crippen LogP contribution in [0.5, 0.6) is 0 Å². The molecular weight excluding hydrogens is 136 g/mol. The molecule has 0 amide bonds. The van der Waals surface area contributed by atoms with Crippen LogP contribution < -0.4 is 11.3 Å². The predicted molar refractivity (Wildman–Crippen MR) is 48.9 cm³/mol. The summed E-state index contributed by atoms with van der Waals surface area (Å²) in [6.07, 6.45) is 0. The third-order valence-corrected chi connectivity index (χ3v) is 1.00. The Labute approximate surface area is 68.4 Å². The predicted octanol–water partition coefficient (Wildman–Crippen LogP) is 1.54. The van der Waals surface area contributed by atoms with Crippen molar-refractivity contribution in [3.63, 3.8) is 0 Å². The van der Waals surface area contributed by atoms with E-state index in [2.05, 4.69) is 5.43 Å². The molecule has 0 saturated heterocycles. The smallest absolute Gasteiger partial charge is 0.0153 e. The highest BCUT2D eigenvalue weighted by Crippen LogP contribution is 1.79. The van der Waals surface area contributed by atoms with Crippen molar-refractivity contribution >= 4 is 0 Å². The Bertz CT molecular complexity index is 122. The van der Waals surface area contributed by atoms with Gasteiger partial charge in [0.2, 0.25) is 0 Å². The van der Waals surface area contributed by atoms with E-state index in [0.29, 0.717) is 6.04 Å². The minimum Gasteiger partial charge on any atom is -0.271 e. The molecule has 62 valence electrons. The van der Waals surface area contributed by atoms with E-state index in [0.717, 1.165) is 0 Å². The third kappa shape index (κ3) is 9.14. The van der Waals surface area contributed by atoms with Crippen LogP contribution in [0.25, 0.3) is 0 Å². The molecule has 1 rings (SSSR count). The largest absolute Gasteiger partial charge is 0.271 e. The van der Waals surface area contributed by atoms with Crippen molar-refractivity contribution in [3.05, 3.63) is 36.4 Å². The first-order valence-electron chi connectivity index (χ1n) is 3.73. The average Bonchev–Trinajstić information content (AvgIpc) is 2.09. The molecule has 11 heavy (non-hydrogen) atoms. The van der Waals surface area contributed by atoms with E-state index in [-0.39, 0.29) is 0 Å². The van der Waals surface area contributed by atoms with Gasteiger partial charge in [0.25, 0.3) is 0 Å². The Kier molecular flexibility index (Phi) is 6.68. The van der Waals surface area contributed by atoms with E-state index in [1.165, 1.54) is 0 Å². The molecule has 0 bridgehead atoms. The number of hydrazine groups is 1. The van der Waals surface area contributed by atoms with Crippen molar-refractivity contribution in [2.45, 2.75) is 19.9 Å². The second-order valence-corrected chi connectivity index (χ2v) is 2.48. The zero-order valence-corrected chi connectivity index (χ0v) is 7.12. The van der Waals surface area contributed by atoms with Gasteiger partial charge in [-0.25, -0.2) is 0 Å². The highest BCUT2D eigenvalue weighted by Gasteiger charge is 1.77. The van der Waals surface area contributed by atoms with E-state index < -0.39 is 0 Å². The molecule has 0 atom stereocenters. The van der Waals surface area contributed by atoms with Crippen LogP contribution >= 0.6 is 0 Å². The van der Waals surface area contributed by atoms with Crippen LogP contribution in [-0.2, 0) is 0 Å². The van der Waals surface area contributed by atoms with Crippen molar-refractivity contribution in [1.82, 2.24) is 5.43 Å². The Hall–Kier alpha value is -0.860. The van der Waals surface area contributed by atoms with Gasteiger partial charge in [0.05, 0.1) is 0 Å². The molecular formula is C9H16N2. The third-order valence-electron chi connectivity index (χ3n) is 1.00. The average molecular weight is 152 g/mol. The lowest BCUT2D eigenvalue weighted by molar-refractivity contribution is 0.617. The summed E-state index contributed by atoms with van der Waals surface area (Å²) in [5.74, 6) is 4.92. The van der Waals surface area contributed by atoms with Gasteiger partial charge in [-0.05, 0) is 13.8 Å². The van der Waals surface area contributed by atoms with Gasteiger partial charge in [-0.15, -0.1) is 0 Å². The number of hydrogen-bond donors (Lipinski definition) is 2. The number of nitrogens with two attached hydrogens (primary N) is 1. The SMILES string of the molecule is CC(C)NN.c1ccccc1. The molecule has 0 fully saturated rings. The number of nitrogens with one attached hydrogen (secondary N) is 1. The van der Waals surface area contributed by atoms with Crippen LogP contribution in [0.2, 0.25) is 0 Å². The maximum atomic E-state index is 4.92. The molecule has 2 nitrogen and oxygen atoms in total. The normalized spacial score (nSPS) is 8.73. The Morgan fingerprint density at radius 2 is 1.09 bits per heavy atom. The summed E-state index contributed by atoms with van der Waals surface area (Å²) in [4.78, 5) is 0. The molecule has 0 saturated carbocycles. The first-order valence-corrected chi connectivity index (χ1v) is 3.73. The van der Waals surface area contributed by atoms with Gasteiger partial charge in [-0.3, -0.25) is 11.3 Å². The van der Waals surface area contributed by atoms with Crippen LogP contribution in [0, 0.1) is 0 Å². The van der Waals surface area contributed by atoms with E-state index in [9.17, 15) is 0 Å². The summed E-state index contributed by atoms with van der Waals surface area (Å²) in [5.41, 5.74) is 2.53. The van der Waals surface area contributed by atoms with Crippen molar-refractivity contribution in [1.29, 1.82) is 0 Å². The summed E-state index contributed by atoms with van der Waals surface area (Å²) in [7, 11) is 0. The Balaban J connectivity index is 0.000000187. The molecule has 0 spiro atoms. The van der Waals surface area contributed by atoms with Gasteiger partial charge < -0.3 is 0 Å². The van der Waals surface area contributed by atoms with Crippen LogP contribution in [0.1, 0.15) is 13.8 Å². The lowest BCUT2D eigenvalue weighted by Gasteiger charge is -1.95. The molecule has 0 unspecified atom stereocenters. The van der Waals surface area contributed by atoms with Crippen LogP contribution in [-0.4, -0.2) is 6.04 Å². The summed E-state index contributed by atoms with van der Waals surface area (Å²) >= 11 is 0. The van der Waals surface area contributed by atoms with Crippen molar-refractivity contribution in [2.75, 3.05) is 0 Å². The van der Waals surface area contributed by atoms with Crippen LogP contribution in [0.15, 0.2) is 36.4 Å². The molecule has 0 radical (unpaired) electrons. The van der Waals surface area contributed by atoms with Gasteiger partial charge in [-0.2, -0.15) is 0 Å². The molecule has 2 heteroatoms. The molecule has 3 N–H and O–H groups in total. The number of rotatable bonds is 1. The monoisotopic (exact) mass is 152 g/mol. The summed E-state index contributed by atoms with van der Waals surface area (Å²) in [6.45, 7) is 3.97. The molecule has 0 aliphatic carbocycles. The van der Waals surface area contributed by atoms with Crippen molar-refractivity contribution in [2.24, 2.45) is 5.84 Å². The minimum atomic E-state index is 0.412. The summed E-state index contributed by atoms with van der Waals surface area (Å²) in [5, 5.41) is 0. The standard InChI is InChI=1S/C6H6.C3H10N2/c1-2-4-6-5-3-1;1-3(2)5-4/h1-6H;3,5H,4H2,1-2H3. The fourth-order valence-electron chi connectivity index (χ4n) is 0.385. The first-order chi connectivity index (χ1) is 5.27. The van der Waals surface area contributed by atoms with Crippen molar-refractivity contribution in [3.8, 4) is 0 Å². The molecule has 0 aliphatic heterocycles. The topological polar surface area (TPSA) is 38.0 Å². The maximum absolute atomic E-state index is 4.92. The number of benzene rings is 1. The highest BCUT2D eigenvalue weighted by molar-refractivity contribution is 4.99. The fraction of sp³-hybridized carbons (Fsp3) is 0.333. The Morgan fingerprint density at radius 1 is 0.909 bits per heavy atom. The Morgan fingerprint density at radius 3 is 1.18 bits per heavy atom. The summed E-state index contributed by atoms with van der Waals surface area (Å²) < 4.78 is 0. The molecule has 1 aromatic carbocycles.